The van der Waals surface area contributed by atoms with E-state index >= 15 is 0 Å². The molecule has 4 heterocycles. The van der Waals surface area contributed by atoms with Gasteiger partial charge in [0.2, 0.25) is 11.5 Å². The summed E-state index contributed by atoms with van der Waals surface area (Å²) in [7, 11) is 10.7. The Labute approximate surface area is 353 Å². The highest BCUT2D eigenvalue weighted by molar-refractivity contribution is 5.78. The number of hydrogen-bond acceptors (Lipinski definition) is 12. The molecule has 322 valence electrons. The standard InChI is InChI=1S/C42H58N2O12.2ClH/c1-25(45)53-41-35(49-5)15-27(16-36(41)50-6)23-43(3)29-9-10-30(43)20-33(19-29)55-39(47)13-14-40(48)56-34-21-31-11-12-32(22-34)44(31,4)24-28-17-37(51-7)42(54-26(2)46)38(18-28)52-8;;/h15-18,29-34H,9-14,19-24H2,1-8H3;2*1H/q+2;;/p-2/t29-,30+,31-,32+,33?,34?,43?,44?;;. The zero-order valence-electron chi connectivity index (χ0n) is 34.8. The van der Waals surface area contributed by atoms with Crippen LogP contribution in [0.5, 0.6) is 34.5 Å². The largest absolute Gasteiger partial charge is 1.00 e. The van der Waals surface area contributed by atoms with Gasteiger partial charge in [-0.25, -0.2) is 0 Å². The lowest BCUT2D eigenvalue weighted by Gasteiger charge is -2.47. The van der Waals surface area contributed by atoms with E-state index in [1.54, 1.807) is 0 Å². The van der Waals surface area contributed by atoms with Crippen LogP contribution in [-0.2, 0) is 41.7 Å². The summed E-state index contributed by atoms with van der Waals surface area (Å²) in [5.41, 5.74) is 2.01. The predicted octanol–water partition coefficient (Wildman–Crippen LogP) is -0.574. The number of fused-ring (bicyclic) bond motifs is 4. The Bertz CT molecular complexity index is 1620. The van der Waals surface area contributed by atoms with Gasteiger partial charge < -0.3 is 71.7 Å². The highest BCUT2D eigenvalue weighted by Crippen LogP contribution is 2.47. The summed E-state index contributed by atoms with van der Waals surface area (Å²) >= 11 is 0. The molecule has 0 radical (unpaired) electrons. The van der Waals surface area contributed by atoms with Crippen LogP contribution in [0.25, 0.3) is 0 Å². The molecule has 0 spiro atoms. The van der Waals surface area contributed by atoms with E-state index in [1.807, 2.05) is 24.3 Å². The summed E-state index contributed by atoms with van der Waals surface area (Å²) < 4.78 is 46.6. The number of halogens is 2. The summed E-state index contributed by atoms with van der Waals surface area (Å²) in [6, 6.07) is 8.80. The Morgan fingerprint density at radius 3 is 1.05 bits per heavy atom. The lowest BCUT2D eigenvalue weighted by atomic mass is 9.95. The number of benzene rings is 2. The van der Waals surface area contributed by atoms with Gasteiger partial charge in [-0.2, -0.15) is 0 Å². The fraction of sp³-hybridized carbons (Fsp3) is 0.619. The summed E-state index contributed by atoms with van der Waals surface area (Å²) in [6.07, 6.45) is 6.74. The molecule has 2 aromatic carbocycles. The Morgan fingerprint density at radius 2 is 0.810 bits per heavy atom. The maximum atomic E-state index is 13.0. The van der Waals surface area contributed by atoms with Gasteiger partial charge in [-0.3, -0.25) is 19.2 Å². The van der Waals surface area contributed by atoms with E-state index in [-0.39, 0.29) is 73.3 Å². The van der Waals surface area contributed by atoms with Gasteiger partial charge in [0.05, 0.1) is 79.5 Å². The van der Waals surface area contributed by atoms with Gasteiger partial charge in [-0.05, 0) is 24.3 Å². The van der Waals surface area contributed by atoms with E-state index in [1.165, 1.54) is 42.3 Å². The topological polar surface area (TPSA) is 142 Å². The molecule has 4 bridgehead atoms. The molecule has 4 aliphatic rings. The molecule has 58 heavy (non-hydrogen) atoms. The molecule has 4 aliphatic heterocycles. The van der Waals surface area contributed by atoms with Crippen molar-refractivity contribution >= 4 is 23.9 Å². The first-order valence-electron chi connectivity index (χ1n) is 19.6. The summed E-state index contributed by atoms with van der Waals surface area (Å²) in [5, 5.41) is 0. The zero-order chi connectivity index (χ0) is 40.4. The number of carbonyl (C=O) groups is 4. The first-order valence-corrected chi connectivity index (χ1v) is 19.6. The molecule has 0 saturated carbocycles. The first-order chi connectivity index (χ1) is 26.7. The van der Waals surface area contributed by atoms with Crippen molar-refractivity contribution in [1.29, 1.82) is 0 Å². The number of piperidine rings is 2. The summed E-state index contributed by atoms with van der Waals surface area (Å²) in [4.78, 5) is 49.5. The minimum absolute atomic E-state index is 0. The lowest BCUT2D eigenvalue weighted by molar-refractivity contribution is -0.961. The van der Waals surface area contributed by atoms with Gasteiger partial charge in [0.1, 0.15) is 25.3 Å². The first kappa shape index (κ1) is 46.7. The molecule has 14 nitrogen and oxygen atoms in total. The van der Waals surface area contributed by atoms with Gasteiger partial charge >= 0.3 is 23.9 Å². The van der Waals surface area contributed by atoms with Crippen LogP contribution in [0.15, 0.2) is 24.3 Å². The SMILES string of the molecule is COc1cc(C[N+]2(C)[C@@H]3CC[C@H]2CC(OC(=O)CCC(=O)OC2C[C@H]4CC[C@@H](C2)[N+]4(C)Cc2cc(OC)c(OC(C)=O)c(OC)c2)C3)cc(OC)c1OC(C)=O.[Cl-].[Cl-]. The van der Waals surface area contributed by atoms with Crippen LogP contribution in [0, 0.1) is 0 Å². The maximum absolute atomic E-state index is 13.0. The number of ether oxygens (including phenoxy) is 8. The summed E-state index contributed by atoms with van der Waals surface area (Å²) in [6.45, 7) is 4.13. The second-order valence-corrected chi connectivity index (χ2v) is 16.3. The quantitative estimate of drug-likeness (QED) is 0.129. The van der Waals surface area contributed by atoms with E-state index in [2.05, 4.69) is 14.1 Å². The van der Waals surface area contributed by atoms with Crippen molar-refractivity contribution in [3.05, 3.63) is 35.4 Å². The zero-order valence-corrected chi connectivity index (χ0v) is 36.3. The van der Waals surface area contributed by atoms with Crippen molar-refractivity contribution in [3.63, 3.8) is 0 Å². The van der Waals surface area contributed by atoms with Gasteiger partial charge in [-0.1, -0.05) is 0 Å². The van der Waals surface area contributed by atoms with Gasteiger partial charge in [0.15, 0.2) is 23.0 Å². The average Bonchev–Trinajstić information content (AvgIpc) is 3.38. The van der Waals surface area contributed by atoms with E-state index in [4.69, 9.17) is 37.9 Å². The molecule has 0 aromatic heterocycles. The second-order valence-electron chi connectivity index (χ2n) is 16.3. The number of hydrogen-bond donors (Lipinski definition) is 0. The third-order valence-electron chi connectivity index (χ3n) is 12.9. The molecule has 8 atom stereocenters. The minimum atomic E-state index is -0.456. The maximum Gasteiger partial charge on any atom is 0.308 e. The van der Waals surface area contributed by atoms with E-state index in [0.717, 1.165) is 84.5 Å². The molecule has 6 rings (SSSR count). The van der Waals surface area contributed by atoms with E-state index < -0.39 is 11.9 Å². The Hall–Kier alpha value is -3.98. The fourth-order valence-corrected chi connectivity index (χ4v) is 10.1. The van der Waals surface area contributed by atoms with E-state index in [0.29, 0.717) is 47.2 Å². The number of quaternary nitrogens is 2. The Morgan fingerprint density at radius 1 is 0.534 bits per heavy atom. The predicted molar refractivity (Wildman–Crippen MR) is 203 cm³/mol. The smallest absolute Gasteiger partial charge is 0.308 e. The second kappa shape index (κ2) is 19.4. The molecule has 4 fully saturated rings. The fourth-order valence-electron chi connectivity index (χ4n) is 10.1. The minimum Gasteiger partial charge on any atom is -1.00 e. The number of methoxy groups -OCH3 is 4. The van der Waals surface area contributed by atoms with Gasteiger partial charge in [0, 0.05) is 76.3 Å². The molecule has 2 aromatic rings. The van der Waals surface area contributed by atoms with Crippen LogP contribution >= 0.6 is 0 Å². The Kier molecular flexibility index (Phi) is 15.6. The number of esters is 4. The van der Waals surface area contributed by atoms with Crippen LogP contribution < -0.4 is 53.2 Å². The Balaban J connectivity index is 0.00000372. The average molecular weight is 854 g/mol. The van der Waals surface area contributed by atoms with Crippen LogP contribution in [-0.4, -0.2) is 112 Å². The molecule has 4 saturated heterocycles. The van der Waals surface area contributed by atoms with Crippen LogP contribution in [0.1, 0.15) is 89.2 Å². The van der Waals surface area contributed by atoms with Crippen molar-refractivity contribution in [2.75, 3.05) is 42.5 Å². The molecule has 4 unspecified atom stereocenters. The third kappa shape index (κ3) is 9.89. The van der Waals surface area contributed by atoms with Gasteiger partial charge in [0.25, 0.3) is 0 Å². The highest BCUT2D eigenvalue weighted by atomic mass is 35.5. The van der Waals surface area contributed by atoms with Crippen molar-refractivity contribution in [3.8, 4) is 34.5 Å². The monoisotopic (exact) mass is 852 g/mol. The highest BCUT2D eigenvalue weighted by Gasteiger charge is 2.54. The number of carbonyl (C=O) groups excluding carboxylic acids is 4. The molecule has 0 N–H and O–H groups in total. The molecular formula is C42H58Cl2N2O12. The van der Waals surface area contributed by atoms with Crippen molar-refractivity contribution < 1.29 is 90.9 Å². The molecular weight excluding hydrogens is 795 g/mol. The van der Waals surface area contributed by atoms with Crippen molar-refractivity contribution in [2.24, 2.45) is 0 Å². The third-order valence-corrected chi connectivity index (χ3v) is 12.9. The van der Waals surface area contributed by atoms with Crippen LogP contribution in [0.2, 0.25) is 0 Å². The van der Waals surface area contributed by atoms with Crippen LogP contribution in [0.3, 0.4) is 0 Å². The van der Waals surface area contributed by atoms with E-state index in [9.17, 15) is 19.2 Å². The number of nitrogens with zero attached hydrogens (tertiary/aromatic N) is 2. The molecule has 0 amide bonds. The van der Waals surface area contributed by atoms with Crippen molar-refractivity contribution in [2.45, 2.75) is 128 Å². The molecule has 16 heteroatoms. The summed E-state index contributed by atoms with van der Waals surface area (Å²) in [5.74, 6) is 0.641. The molecule has 0 aliphatic carbocycles. The van der Waals surface area contributed by atoms with Gasteiger partial charge in [-0.15, -0.1) is 0 Å². The number of rotatable bonds is 15. The lowest BCUT2D eigenvalue weighted by Crippen LogP contribution is -3.00. The normalized spacial score (nSPS) is 27.9. The van der Waals surface area contributed by atoms with Crippen LogP contribution in [0.4, 0.5) is 0 Å². The van der Waals surface area contributed by atoms with Crippen molar-refractivity contribution in [1.82, 2.24) is 0 Å².